The van der Waals surface area contributed by atoms with Crippen molar-refractivity contribution in [3.63, 3.8) is 0 Å². The van der Waals surface area contributed by atoms with Crippen LogP contribution in [0.25, 0.3) is 0 Å². The molecule has 5 nitrogen and oxygen atoms in total. The van der Waals surface area contributed by atoms with Crippen LogP contribution in [0.4, 0.5) is 10.1 Å². The molecule has 0 saturated carbocycles. The van der Waals surface area contributed by atoms with E-state index in [2.05, 4.69) is 10.6 Å². The summed E-state index contributed by atoms with van der Waals surface area (Å²) in [5.74, 6) is -1.31. The van der Waals surface area contributed by atoms with Gasteiger partial charge < -0.3 is 15.1 Å². The van der Waals surface area contributed by atoms with Gasteiger partial charge >= 0.3 is 0 Å². The van der Waals surface area contributed by atoms with Gasteiger partial charge in [-0.3, -0.25) is 9.59 Å². The summed E-state index contributed by atoms with van der Waals surface area (Å²) in [6, 6.07) is 6.78. The topological polar surface area (TPSA) is 71.3 Å². The number of benzene rings is 1. The summed E-state index contributed by atoms with van der Waals surface area (Å²) in [4.78, 5) is 24.4. The third-order valence-electron chi connectivity index (χ3n) is 3.42. The van der Waals surface area contributed by atoms with E-state index >= 15 is 0 Å². The van der Waals surface area contributed by atoms with Crippen molar-refractivity contribution in [2.75, 3.05) is 5.32 Å². The lowest BCUT2D eigenvalue weighted by Crippen LogP contribution is -2.47. The summed E-state index contributed by atoms with van der Waals surface area (Å²) in [6.45, 7) is 5.26. The highest BCUT2D eigenvalue weighted by Crippen LogP contribution is 2.15. The van der Waals surface area contributed by atoms with Crippen molar-refractivity contribution in [1.29, 1.82) is 0 Å². The summed E-state index contributed by atoms with van der Waals surface area (Å²) in [7, 11) is 0. The lowest BCUT2D eigenvalue weighted by molar-refractivity contribution is -0.118. The molecule has 0 spiro atoms. The number of nitrogens with one attached hydrogen (secondary N) is 2. The van der Waals surface area contributed by atoms with Gasteiger partial charge in [-0.1, -0.05) is 19.9 Å². The Kier molecular flexibility index (Phi) is 5.16. The van der Waals surface area contributed by atoms with Crippen molar-refractivity contribution in [3.8, 4) is 0 Å². The SMILES string of the molecule is Cc1ccc(NC(=O)C(NC(=O)c2ccco2)C(C)C)cc1F. The number of hydrogen-bond acceptors (Lipinski definition) is 3. The predicted octanol–water partition coefficient (Wildman–Crippen LogP) is 3.12. The summed E-state index contributed by atoms with van der Waals surface area (Å²) in [6.07, 6.45) is 1.38. The molecular formula is C17H19FN2O3. The third kappa shape index (κ3) is 4.18. The van der Waals surface area contributed by atoms with Crippen molar-refractivity contribution in [2.45, 2.75) is 26.8 Å². The van der Waals surface area contributed by atoms with E-state index in [1.165, 1.54) is 18.4 Å². The number of halogens is 1. The summed E-state index contributed by atoms with van der Waals surface area (Å²) in [5.41, 5.74) is 0.838. The highest BCUT2D eigenvalue weighted by Gasteiger charge is 2.25. The van der Waals surface area contributed by atoms with Crippen LogP contribution in [-0.4, -0.2) is 17.9 Å². The Balaban J connectivity index is 2.09. The standard InChI is InChI=1S/C17H19FN2O3/c1-10(2)15(20-16(21)14-5-4-8-23-14)17(22)19-12-7-6-11(3)13(18)9-12/h4-10,15H,1-3H3,(H,19,22)(H,20,21). The smallest absolute Gasteiger partial charge is 0.287 e. The van der Waals surface area contributed by atoms with Gasteiger partial charge in [-0.15, -0.1) is 0 Å². The molecule has 0 bridgehead atoms. The van der Waals surface area contributed by atoms with E-state index in [1.807, 2.05) is 13.8 Å². The monoisotopic (exact) mass is 318 g/mol. The number of amides is 2. The Morgan fingerprint density at radius 2 is 1.96 bits per heavy atom. The zero-order valence-electron chi connectivity index (χ0n) is 13.2. The second kappa shape index (κ2) is 7.09. The quantitative estimate of drug-likeness (QED) is 0.890. The van der Waals surface area contributed by atoms with Crippen LogP contribution < -0.4 is 10.6 Å². The van der Waals surface area contributed by atoms with Crippen LogP contribution >= 0.6 is 0 Å². The number of carbonyl (C=O) groups excluding carboxylic acids is 2. The van der Waals surface area contributed by atoms with Crippen LogP contribution in [0.3, 0.4) is 0 Å². The molecule has 1 aromatic carbocycles. The van der Waals surface area contributed by atoms with Crippen LogP contribution in [0, 0.1) is 18.7 Å². The van der Waals surface area contributed by atoms with Crippen molar-refractivity contribution in [3.05, 3.63) is 53.7 Å². The molecule has 2 N–H and O–H groups in total. The molecular weight excluding hydrogens is 299 g/mol. The zero-order chi connectivity index (χ0) is 17.0. The fourth-order valence-electron chi connectivity index (χ4n) is 2.05. The van der Waals surface area contributed by atoms with Gasteiger partial charge in [0, 0.05) is 5.69 Å². The van der Waals surface area contributed by atoms with E-state index in [0.717, 1.165) is 0 Å². The van der Waals surface area contributed by atoms with Crippen molar-refractivity contribution in [2.24, 2.45) is 5.92 Å². The highest BCUT2D eigenvalue weighted by molar-refractivity contribution is 6.00. The Bertz CT molecular complexity index is 696. The van der Waals surface area contributed by atoms with E-state index in [4.69, 9.17) is 4.42 Å². The molecule has 0 fully saturated rings. The maximum Gasteiger partial charge on any atom is 0.287 e. The molecule has 2 rings (SSSR count). The zero-order valence-corrected chi connectivity index (χ0v) is 13.2. The molecule has 23 heavy (non-hydrogen) atoms. The Labute approximate surface area is 133 Å². The number of carbonyl (C=O) groups is 2. The van der Waals surface area contributed by atoms with Crippen molar-refractivity contribution < 1.29 is 18.4 Å². The highest BCUT2D eigenvalue weighted by atomic mass is 19.1. The van der Waals surface area contributed by atoms with E-state index in [9.17, 15) is 14.0 Å². The van der Waals surface area contributed by atoms with Crippen LogP contribution in [0.15, 0.2) is 41.0 Å². The predicted molar refractivity (Wildman–Crippen MR) is 84.6 cm³/mol. The second-order valence-corrected chi connectivity index (χ2v) is 5.63. The normalized spacial score (nSPS) is 12.0. The first-order valence-electron chi connectivity index (χ1n) is 7.30. The average Bonchev–Trinajstić information content (AvgIpc) is 3.02. The number of aryl methyl sites for hydroxylation is 1. The van der Waals surface area contributed by atoms with E-state index in [1.54, 1.807) is 25.1 Å². The summed E-state index contributed by atoms with van der Waals surface area (Å²) in [5, 5.41) is 5.24. The Hall–Kier alpha value is -2.63. The molecule has 0 aliphatic heterocycles. The summed E-state index contributed by atoms with van der Waals surface area (Å²) >= 11 is 0. The largest absolute Gasteiger partial charge is 0.459 e. The molecule has 1 heterocycles. The molecule has 2 amide bonds. The first-order chi connectivity index (χ1) is 10.9. The molecule has 0 radical (unpaired) electrons. The first-order valence-corrected chi connectivity index (χ1v) is 7.30. The summed E-state index contributed by atoms with van der Waals surface area (Å²) < 4.78 is 18.6. The van der Waals surface area contributed by atoms with Gasteiger partial charge in [0.15, 0.2) is 5.76 Å². The molecule has 0 aliphatic rings. The van der Waals surface area contributed by atoms with Crippen molar-refractivity contribution in [1.82, 2.24) is 5.32 Å². The fraction of sp³-hybridized carbons (Fsp3) is 0.294. The first kappa shape index (κ1) is 16.7. The van der Waals surface area contributed by atoms with Gasteiger partial charge in [0.1, 0.15) is 11.9 Å². The van der Waals surface area contributed by atoms with Crippen LogP contribution in [-0.2, 0) is 4.79 Å². The Morgan fingerprint density at radius 3 is 2.52 bits per heavy atom. The minimum absolute atomic E-state index is 0.129. The minimum atomic E-state index is -0.767. The van der Waals surface area contributed by atoms with Gasteiger partial charge in [-0.05, 0) is 42.7 Å². The molecule has 0 aliphatic carbocycles. The maximum absolute atomic E-state index is 13.6. The van der Waals surface area contributed by atoms with Gasteiger partial charge in [-0.2, -0.15) is 0 Å². The minimum Gasteiger partial charge on any atom is -0.459 e. The second-order valence-electron chi connectivity index (χ2n) is 5.63. The van der Waals surface area contributed by atoms with Crippen LogP contribution in [0.5, 0.6) is 0 Å². The lowest BCUT2D eigenvalue weighted by atomic mass is 10.0. The van der Waals surface area contributed by atoms with Gasteiger partial charge in [-0.25, -0.2) is 4.39 Å². The number of rotatable bonds is 5. The third-order valence-corrected chi connectivity index (χ3v) is 3.42. The maximum atomic E-state index is 13.6. The number of furan rings is 1. The van der Waals surface area contributed by atoms with Crippen molar-refractivity contribution >= 4 is 17.5 Å². The molecule has 1 unspecified atom stereocenters. The molecule has 1 atom stereocenters. The number of hydrogen-bond donors (Lipinski definition) is 2. The van der Waals surface area contributed by atoms with Gasteiger partial charge in [0.05, 0.1) is 6.26 Å². The van der Waals surface area contributed by atoms with E-state index < -0.39 is 23.7 Å². The van der Waals surface area contributed by atoms with E-state index in [-0.39, 0.29) is 11.7 Å². The van der Waals surface area contributed by atoms with Crippen LogP contribution in [0.1, 0.15) is 30.0 Å². The van der Waals surface area contributed by atoms with Gasteiger partial charge in [0.2, 0.25) is 5.91 Å². The van der Waals surface area contributed by atoms with Crippen LogP contribution in [0.2, 0.25) is 0 Å². The Morgan fingerprint density at radius 1 is 1.22 bits per heavy atom. The van der Waals surface area contributed by atoms with E-state index in [0.29, 0.717) is 11.3 Å². The fourth-order valence-corrected chi connectivity index (χ4v) is 2.05. The number of anilines is 1. The molecule has 122 valence electrons. The van der Waals surface area contributed by atoms with Gasteiger partial charge in [0.25, 0.3) is 5.91 Å². The lowest BCUT2D eigenvalue weighted by Gasteiger charge is -2.21. The molecule has 1 aromatic heterocycles. The molecule has 0 saturated heterocycles. The average molecular weight is 318 g/mol. The molecule has 6 heteroatoms. The molecule has 2 aromatic rings.